The maximum atomic E-state index is 5.69. The lowest BCUT2D eigenvalue weighted by Gasteiger charge is -2.26. The molecule has 16 rings (SSSR count). The lowest BCUT2D eigenvalue weighted by atomic mass is 10.1. The fourth-order valence-electron chi connectivity index (χ4n) is 11.6. The van der Waals surface area contributed by atoms with E-state index in [1.165, 1.54) is 0 Å². The van der Waals surface area contributed by atoms with Crippen LogP contribution in [0.5, 0.6) is 0 Å². The van der Waals surface area contributed by atoms with Crippen molar-refractivity contribution in [3.8, 4) is 57.4 Å². The van der Waals surface area contributed by atoms with Crippen molar-refractivity contribution in [1.82, 2.24) is 48.9 Å². The van der Waals surface area contributed by atoms with Crippen molar-refractivity contribution in [3.63, 3.8) is 0 Å². The monoisotopic (exact) mass is 1040 g/mol. The van der Waals surface area contributed by atoms with Crippen molar-refractivity contribution < 1.29 is 0 Å². The number of nitrogens with one attached hydrogen (secondary N) is 1. The number of nitrogens with zero attached hydrogens (tertiary/aromatic N) is 11. The maximum Gasteiger partial charge on any atom is 0.238 e. The SMILES string of the molecule is c1ccc(C2=NC(n3c4c(ccc5c6ccccc6n(-c6nc(-c7ccccc7)nc(-c7ccccc7)n6)c54)c4ccc5c6ccccc6n(-c6nc(-c7ccccc7)nc(-c7ccccc7)n6)c5c43)NC(c3ccccc3)=N2)cc1. The molecule has 1 aliphatic rings. The molecule has 380 valence electrons. The van der Waals surface area contributed by atoms with Gasteiger partial charge in [0.1, 0.15) is 5.84 Å². The van der Waals surface area contributed by atoms with E-state index < -0.39 is 6.29 Å². The van der Waals surface area contributed by atoms with Crippen molar-refractivity contribution in [2.45, 2.75) is 6.29 Å². The molecule has 81 heavy (non-hydrogen) atoms. The second-order valence-corrected chi connectivity index (χ2v) is 20.0. The Labute approximate surface area is 463 Å². The van der Waals surface area contributed by atoms with Gasteiger partial charge in [0, 0.05) is 65.7 Å². The summed E-state index contributed by atoms with van der Waals surface area (Å²) in [5.41, 5.74) is 10.8. The first kappa shape index (κ1) is 45.9. The van der Waals surface area contributed by atoms with Crippen LogP contribution >= 0.6 is 0 Å². The molecule has 0 bridgehead atoms. The van der Waals surface area contributed by atoms with E-state index >= 15 is 0 Å². The van der Waals surface area contributed by atoms with Crippen molar-refractivity contribution in [3.05, 3.63) is 266 Å². The van der Waals surface area contributed by atoms with Gasteiger partial charge in [-0.25, -0.2) is 20.0 Å². The third-order valence-corrected chi connectivity index (χ3v) is 15.2. The summed E-state index contributed by atoms with van der Waals surface area (Å²) in [4.78, 5) is 43.0. The van der Waals surface area contributed by atoms with E-state index in [1.807, 2.05) is 158 Å². The van der Waals surface area contributed by atoms with Gasteiger partial charge in [-0.15, -0.1) is 0 Å². The van der Waals surface area contributed by atoms with Crippen LogP contribution in [0.2, 0.25) is 0 Å². The van der Waals surface area contributed by atoms with Gasteiger partial charge in [0.2, 0.25) is 18.2 Å². The van der Waals surface area contributed by atoms with E-state index in [-0.39, 0.29) is 0 Å². The quantitative estimate of drug-likeness (QED) is 0.152. The number of para-hydroxylation sites is 2. The zero-order chi connectivity index (χ0) is 53.4. The summed E-state index contributed by atoms with van der Waals surface area (Å²) < 4.78 is 6.81. The van der Waals surface area contributed by atoms with Crippen LogP contribution in [-0.4, -0.2) is 55.3 Å². The summed E-state index contributed by atoms with van der Waals surface area (Å²) in [6, 6.07) is 87.0. The Balaban J connectivity index is 1.09. The minimum atomic E-state index is -0.779. The Hall–Kier alpha value is -11.2. The zero-order valence-corrected chi connectivity index (χ0v) is 43.2. The van der Waals surface area contributed by atoms with E-state index in [2.05, 4.69) is 116 Å². The normalized spacial score (nSPS) is 13.6. The van der Waals surface area contributed by atoms with Crippen molar-refractivity contribution in [1.29, 1.82) is 0 Å². The van der Waals surface area contributed by atoms with Crippen LogP contribution in [0.15, 0.2) is 265 Å². The molecule has 12 nitrogen and oxygen atoms in total. The van der Waals surface area contributed by atoms with Gasteiger partial charge in [0.15, 0.2) is 29.1 Å². The smallest absolute Gasteiger partial charge is 0.238 e. The predicted octanol–water partition coefficient (Wildman–Crippen LogP) is 15.0. The Bertz CT molecular complexity index is 4620. The summed E-state index contributed by atoms with van der Waals surface area (Å²) in [5, 5.41) is 10.0. The Morgan fingerprint density at radius 1 is 0.284 bits per heavy atom. The molecule has 0 saturated heterocycles. The van der Waals surface area contributed by atoms with Crippen molar-refractivity contribution in [2.24, 2.45) is 9.98 Å². The number of rotatable bonds is 9. The molecule has 1 atom stereocenters. The van der Waals surface area contributed by atoms with Gasteiger partial charge >= 0.3 is 0 Å². The standard InChI is InChI=1S/C69H44N12/c1-7-23-43(24-8-1)61-70-62(44-25-9-2-10-26-44)74-67(73-61)79-55-37-21-19-35-49(55)51-39-41-53-54-42-40-52-50-36-20-22-38-56(50)80(68-75-63(45-27-11-3-12-28-45)71-64(76-68)46-29-13-4-14-30-46)58(52)60(54)81(59(53)57(51)79)69-77-65(47-31-15-5-16-32-47)72-66(78-69)48-33-17-6-18-34-48/h1-42,69H,(H,72,77,78). The van der Waals surface area contributed by atoms with Crippen molar-refractivity contribution in [2.75, 3.05) is 0 Å². The molecule has 15 aromatic rings. The van der Waals surface area contributed by atoms with Crippen LogP contribution in [0, 0.1) is 0 Å². The highest BCUT2D eigenvalue weighted by molar-refractivity contribution is 6.28. The number of benzene rings is 10. The fourth-order valence-corrected chi connectivity index (χ4v) is 11.6. The van der Waals surface area contributed by atoms with E-state index in [1.54, 1.807) is 0 Å². The number of fused-ring (bicyclic) bond motifs is 11. The first-order chi connectivity index (χ1) is 40.2. The first-order valence-corrected chi connectivity index (χ1v) is 26.9. The molecule has 12 heteroatoms. The topological polar surface area (TPSA) is 129 Å². The van der Waals surface area contributed by atoms with E-state index in [9.17, 15) is 0 Å². The van der Waals surface area contributed by atoms with Crippen molar-refractivity contribution >= 4 is 77.1 Å². The van der Waals surface area contributed by atoms with Crippen LogP contribution in [0.3, 0.4) is 0 Å². The minimum Gasteiger partial charge on any atom is -0.331 e. The van der Waals surface area contributed by atoms with E-state index in [0.717, 1.165) is 98.8 Å². The number of aromatic nitrogens is 9. The molecule has 10 aromatic carbocycles. The average molecular weight is 1040 g/mol. The minimum absolute atomic E-state index is 0.473. The lowest BCUT2D eigenvalue weighted by molar-refractivity contribution is 0.517. The molecule has 0 aliphatic carbocycles. The predicted molar refractivity (Wildman–Crippen MR) is 325 cm³/mol. The molecule has 6 heterocycles. The van der Waals surface area contributed by atoms with Crippen LogP contribution in [0.1, 0.15) is 17.4 Å². The molecule has 0 fully saturated rings. The Morgan fingerprint density at radius 3 is 0.988 bits per heavy atom. The van der Waals surface area contributed by atoms with Gasteiger partial charge in [-0.2, -0.15) is 19.9 Å². The van der Waals surface area contributed by atoms with Crippen LogP contribution in [-0.2, 0) is 0 Å². The summed E-state index contributed by atoms with van der Waals surface area (Å²) in [6.45, 7) is 0. The molecule has 0 radical (unpaired) electrons. The third kappa shape index (κ3) is 7.60. The summed E-state index contributed by atoms with van der Waals surface area (Å²) in [5.74, 6) is 4.44. The Morgan fingerprint density at radius 2 is 0.605 bits per heavy atom. The molecule has 1 unspecified atom stereocenters. The second-order valence-electron chi connectivity index (χ2n) is 20.0. The number of hydrogen-bond donors (Lipinski definition) is 1. The van der Waals surface area contributed by atoms with E-state index in [4.69, 9.17) is 39.9 Å². The highest BCUT2D eigenvalue weighted by Crippen LogP contribution is 2.46. The fraction of sp³-hybridized carbons (Fsp3) is 0.0145. The molecular formula is C69H44N12. The first-order valence-electron chi connectivity index (χ1n) is 26.9. The van der Waals surface area contributed by atoms with Gasteiger partial charge in [-0.1, -0.05) is 243 Å². The molecule has 0 saturated carbocycles. The van der Waals surface area contributed by atoms with Gasteiger partial charge in [0.05, 0.1) is 33.1 Å². The van der Waals surface area contributed by atoms with Crippen LogP contribution < -0.4 is 5.32 Å². The van der Waals surface area contributed by atoms with Crippen LogP contribution in [0.25, 0.3) is 123 Å². The highest BCUT2D eigenvalue weighted by atomic mass is 15.4. The second kappa shape index (κ2) is 18.7. The third-order valence-electron chi connectivity index (χ3n) is 15.2. The number of amidine groups is 2. The molecule has 5 aromatic heterocycles. The van der Waals surface area contributed by atoms with Crippen LogP contribution in [0.4, 0.5) is 0 Å². The Kier molecular flexibility index (Phi) is 10.6. The number of aliphatic imine (C=N–C) groups is 2. The molecule has 0 amide bonds. The molecule has 0 spiro atoms. The maximum absolute atomic E-state index is 5.69. The average Bonchev–Trinajstić information content (AvgIpc) is 2.95. The zero-order valence-electron chi connectivity index (χ0n) is 43.2. The summed E-state index contributed by atoms with van der Waals surface area (Å²) in [7, 11) is 0. The van der Waals surface area contributed by atoms with Gasteiger partial charge in [-0.05, 0) is 12.1 Å². The molecule has 1 aliphatic heterocycles. The van der Waals surface area contributed by atoms with E-state index in [0.29, 0.717) is 46.9 Å². The highest BCUT2D eigenvalue weighted by Gasteiger charge is 2.31. The van der Waals surface area contributed by atoms with Gasteiger partial charge < -0.3 is 5.32 Å². The summed E-state index contributed by atoms with van der Waals surface area (Å²) in [6.07, 6.45) is -0.779. The van der Waals surface area contributed by atoms with Gasteiger partial charge in [0.25, 0.3) is 0 Å². The van der Waals surface area contributed by atoms with Gasteiger partial charge in [-0.3, -0.25) is 13.7 Å². The lowest BCUT2D eigenvalue weighted by Crippen LogP contribution is -2.36. The summed E-state index contributed by atoms with van der Waals surface area (Å²) >= 11 is 0. The molecule has 1 N–H and O–H groups in total. The number of hydrogen-bond acceptors (Lipinski definition) is 9. The largest absolute Gasteiger partial charge is 0.331 e. The molecular weight excluding hydrogens is 997 g/mol.